The van der Waals surface area contributed by atoms with Crippen LogP contribution in [0.4, 0.5) is 0 Å². The summed E-state index contributed by atoms with van der Waals surface area (Å²) in [7, 11) is 3.16. The molecular formula is C29H28N2O4. The molecule has 3 aliphatic rings. The number of amides is 2. The number of rotatable bonds is 6. The predicted molar refractivity (Wildman–Crippen MR) is 132 cm³/mol. The molecule has 6 rings (SSSR count). The minimum Gasteiger partial charge on any atom is -0.481 e. The van der Waals surface area contributed by atoms with E-state index in [1.165, 1.54) is 4.90 Å². The highest BCUT2D eigenvalue weighted by Crippen LogP contribution is 2.58. The topological polar surface area (TPSA) is 86.7 Å². The second kappa shape index (κ2) is 9.02. The van der Waals surface area contributed by atoms with Crippen LogP contribution >= 0.6 is 0 Å². The van der Waals surface area contributed by atoms with Gasteiger partial charge in [0.05, 0.1) is 11.8 Å². The van der Waals surface area contributed by atoms with Gasteiger partial charge in [-0.25, -0.2) is 0 Å². The van der Waals surface area contributed by atoms with Gasteiger partial charge < -0.3 is 15.3 Å². The van der Waals surface area contributed by atoms with E-state index in [-0.39, 0.29) is 17.7 Å². The molecule has 2 bridgehead atoms. The summed E-state index contributed by atoms with van der Waals surface area (Å²) in [4.78, 5) is 41.2. The molecule has 0 radical (unpaired) electrons. The van der Waals surface area contributed by atoms with Crippen molar-refractivity contribution in [3.05, 3.63) is 107 Å². The van der Waals surface area contributed by atoms with Crippen molar-refractivity contribution in [3.63, 3.8) is 0 Å². The fourth-order valence-corrected chi connectivity index (χ4v) is 6.07. The first-order chi connectivity index (χ1) is 16.9. The maximum atomic E-state index is 14.2. The molecule has 3 atom stereocenters. The Hall–Kier alpha value is -3.93. The molecule has 2 amide bonds. The molecule has 3 aliphatic carbocycles. The maximum Gasteiger partial charge on any atom is 0.308 e. The van der Waals surface area contributed by atoms with Crippen LogP contribution in [0.15, 0.2) is 78.9 Å². The molecular weight excluding hydrogens is 440 g/mol. The van der Waals surface area contributed by atoms with Crippen LogP contribution in [0, 0.1) is 11.8 Å². The van der Waals surface area contributed by atoms with Crippen LogP contribution in [-0.2, 0) is 20.8 Å². The Bertz CT molecular complexity index is 1240. The summed E-state index contributed by atoms with van der Waals surface area (Å²) in [6.45, 7) is 0. The first-order valence-corrected chi connectivity index (χ1v) is 11.9. The number of carbonyl (C=O) groups is 3. The second-order valence-corrected chi connectivity index (χ2v) is 9.37. The monoisotopic (exact) mass is 468 g/mol. The third-order valence-electron chi connectivity index (χ3n) is 7.64. The number of carboxylic acids is 1. The van der Waals surface area contributed by atoms with E-state index in [0.29, 0.717) is 6.42 Å². The Morgan fingerprint density at radius 1 is 0.800 bits per heavy atom. The lowest BCUT2D eigenvalue weighted by Gasteiger charge is -2.49. The summed E-state index contributed by atoms with van der Waals surface area (Å²) >= 11 is 0. The lowest BCUT2D eigenvalue weighted by molar-refractivity contribution is -0.154. The Morgan fingerprint density at radius 2 is 1.26 bits per heavy atom. The number of hydrogen-bond acceptors (Lipinski definition) is 3. The molecule has 6 nitrogen and oxygen atoms in total. The molecule has 3 aromatic rings. The van der Waals surface area contributed by atoms with Gasteiger partial charge in [0.1, 0.15) is 6.04 Å². The van der Waals surface area contributed by atoms with Gasteiger partial charge in [0, 0.05) is 32.4 Å². The lowest BCUT2D eigenvalue weighted by atomic mass is 9.54. The number of carbonyl (C=O) groups excluding carboxylic acids is 2. The molecule has 0 saturated carbocycles. The Morgan fingerprint density at radius 3 is 1.71 bits per heavy atom. The molecule has 0 unspecified atom stereocenters. The molecule has 0 saturated heterocycles. The van der Waals surface area contributed by atoms with Gasteiger partial charge >= 0.3 is 5.97 Å². The second-order valence-electron chi connectivity index (χ2n) is 9.37. The minimum absolute atomic E-state index is 0.279. The van der Waals surface area contributed by atoms with Crippen LogP contribution in [-0.4, -0.2) is 47.9 Å². The van der Waals surface area contributed by atoms with Crippen molar-refractivity contribution in [1.29, 1.82) is 0 Å². The van der Waals surface area contributed by atoms with Crippen LogP contribution in [0.3, 0.4) is 0 Å². The summed E-state index contributed by atoms with van der Waals surface area (Å²) in [6, 6.07) is 24.5. The summed E-state index contributed by atoms with van der Waals surface area (Å²) in [5, 5.41) is 13.1. The van der Waals surface area contributed by atoms with Gasteiger partial charge in [0.2, 0.25) is 11.8 Å². The van der Waals surface area contributed by atoms with Crippen LogP contribution in [0.5, 0.6) is 0 Å². The van der Waals surface area contributed by atoms with Crippen molar-refractivity contribution in [1.82, 2.24) is 10.2 Å². The zero-order valence-corrected chi connectivity index (χ0v) is 19.7. The van der Waals surface area contributed by atoms with E-state index in [4.69, 9.17) is 0 Å². The van der Waals surface area contributed by atoms with Crippen molar-refractivity contribution < 1.29 is 19.5 Å². The van der Waals surface area contributed by atoms with Crippen LogP contribution in [0.1, 0.15) is 39.7 Å². The predicted octanol–water partition coefficient (Wildman–Crippen LogP) is 3.41. The van der Waals surface area contributed by atoms with Crippen molar-refractivity contribution in [2.24, 2.45) is 11.8 Å². The number of carboxylic acid groups (broad SMARTS) is 1. The lowest BCUT2D eigenvalue weighted by Crippen LogP contribution is -2.55. The van der Waals surface area contributed by atoms with E-state index in [0.717, 1.165) is 27.8 Å². The average molecular weight is 469 g/mol. The number of nitrogens with zero attached hydrogens (tertiary/aromatic N) is 1. The number of fused-ring (bicyclic) bond motifs is 1. The number of hydrogen-bond donors (Lipinski definition) is 2. The first-order valence-electron chi connectivity index (χ1n) is 11.9. The summed E-state index contributed by atoms with van der Waals surface area (Å²) in [5.74, 6) is -4.11. The molecule has 0 fully saturated rings. The van der Waals surface area contributed by atoms with Crippen molar-refractivity contribution in [3.8, 4) is 0 Å². The molecule has 35 heavy (non-hydrogen) atoms. The highest BCUT2D eigenvalue weighted by molar-refractivity contribution is 5.93. The van der Waals surface area contributed by atoms with E-state index in [2.05, 4.69) is 5.32 Å². The van der Waals surface area contributed by atoms with Gasteiger partial charge in [-0.3, -0.25) is 14.4 Å². The number of likely N-dealkylation sites (N-methyl/N-ethyl adjacent to an activating group) is 2. The van der Waals surface area contributed by atoms with E-state index in [1.54, 1.807) is 14.1 Å². The zero-order chi connectivity index (χ0) is 24.7. The molecule has 178 valence electrons. The molecule has 0 spiro atoms. The quantitative estimate of drug-likeness (QED) is 0.581. The highest BCUT2D eigenvalue weighted by atomic mass is 16.4. The molecule has 6 heteroatoms. The number of aliphatic carboxylic acids is 1. The average Bonchev–Trinajstić information content (AvgIpc) is 2.90. The first kappa shape index (κ1) is 22.8. The Labute approximate surface area is 204 Å². The highest BCUT2D eigenvalue weighted by Gasteiger charge is 2.56. The Balaban J connectivity index is 1.59. The van der Waals surface area contributed by atoms with Crippen molar-refractivity contribution in [2.45, 2.75) is 24.3 Å². The minimum atomic E-state index is -0.990. The largest absolute Gasteiger partial charge is 0.481 e. The van der Waals surface area contributed by atoms with E-state index in [9.17, 15) is 19.5 Å². The SMILES string of the molecule is CNC(=O)[C@H](Cc1ccccc1)N(C)C(=O)[C@H]1C2c3ccccc3C(c3ccccc32)[C@H]1C(=O)O. The molecule has 0 aliphatic heterocycles. The van der Waals surface area contributed by atoms with Gasteiger partial charge in [-0.2, -0.15) is 0 Å². The van der Waals surface area contributed by atoms with Crippen LogP contribution in [0.2, 0.25) is 0 Å². The van der Waals surface area contributed by atoms with Crippen molar-refractivity contribution >= 4 is 17.8 Å². The van der Waals surface area contributed by atoms with E-state index in [1.807, 2.05) is 78.9 Å². The fourth-order valence-electron chi connectivity index (χ4n) is 6.07. The third-order valence-corrected chi connectivity index (χ3v) is 7.64. The van der Waals surface area contributed by atoms with Crippen LogP contribution < -0.4 is 5.32 Å². The Kier molecular flexibility index (Phi) is 5.89. The summed E-state index contributed by atoms with van der Waals surface area (Å²) in [6.07, 6.45) is 0.342. The zero-order valence-electron chi connectivity index (χ0n) is 19.7. The third kappa shape index (κ3) is 3.70. The van der Waals surface area contributed by atoms with Gasteiger partial charge in [-0.1, -0.05) is 78.9 Å². The van der Waals surface area contributed by atoms with Gasteiger partial charge in [0.25, 0.3) is 0 Å². The number of benzene rings is 3. The molecule has 0 heterocycles. The molecule has 0 aromatic heterocycles. The maximum absolute atomic E-state index is 14.2. The summed E-state index contributed by atoms with van der Waals surface area (Å²) < 4.78 is 0. The van der Waals surface area contributed by atoms with Gasteiger partial charge in [-0.05, 0) is 27.8 Å². The fraction of sp³-hybridized carbons (Fsp3) is 0.276. The van der Waals surface area contributed by atoms with E-state index >= 15 is 0 Å². The molecule has 2 N–H and O–H groups in total. The van der Waals surface area contributed by atoms with Crippen LogP contribution in [0.25, 0.3) is 0 Å². The van der Waals surface area contributed by atoms with Gasteiger partial charge in [-0.15, -0.1) is 0 Å². The van der Waals surface area contributed by atoms with E-state index < -0.39 is 29.8 Å². The number of nitrogens with one attached hydrogen (secondary N) is 1. The van der Waals surface area contributed by atoms with Crippen molar-refractivity contribution in [2.75, 3.05) is 14.1 Å². The normalized spacial score (nSPS) is 22.5. The standard InChI is InChI=1S/C29H28N2O4/c1-30-27(32)22(16-17-10-4-3-5-11-17)31(2)28(33)25-23-18-12-6-8-14-20(18)24(26(25)29(34)35)21-15-9-7-13-19(21)23/h3-15,22-26H,16H2,1-2H3,(H,30,32)(H,34,35)/t22-,23?,24?,25-,26+/m0/s1. The van der Waals surface area contributed by atoms with Gasteiger partial charge in [0.15, 0.2) is 0 Å². The smallest absolute Gasteiger partial charge is 0.308 e. The summed E-state index contributed by atoms with van der Waals surface area (Å²) in [5.41, 5.74) is 4.88. The molecule has 3 aromatic carbocycles.